The second-order valence-corrected chi connectivity index (χ2v) is 3.32. The number of ether oxygens (including phenoxy) is 1. The van der Waals surface area contributed by atoms with Crippen molar-refractivity contribution in [2.75, 3.05) is 6.61 Å². The first-order chi connectivity index (χ1) is 5.49. The van der Waals surface area contributed by atoms with Crippen molar-refractivity contribution in [3.05, 3.63) is 0 Å². The standard InChI is InChI=1S/C7H12N2O3/c1-7(2)3-5(4-12-7)8-9-6(10)11/h9H,3-4H2,1-2H3,(H,10,11). The van der Waals surface area contributed by atoms with Gasteiger partial charge in [0, 0.05) is 6.42 Å². The van der Waals surface area contributed by atoms with E-state index in [1.54, 1.807) is 0 Å². The Hall–Kier alpha value is -1.10. The van der Waals surface area contributed by atoms with Crippen molar-refractivity contribution in [3.63, 3.8) is 0 Å². The van der Waals surface area contributed by atoms with Gasteiger partial charge in [0.15, 0.2) is 0 Å². The van der Waals surface area contributed by atoms with Crippen molar-refractivity contribution in [1.29, 1.82) is 0 Å². The van der Waals surface area contributed by atoms with Gasteiger partial charge in [-0.25, -0.2) is 10.2 Å². The fourth-order valence-corrected chi connectivity index (χ4v) is 1.07. The van der Waals surface area contributed by atoms with E-state index in [-0.39, 0.29) is 5.60 Å². The number of hydrazone groups is 1. The summed E-state index contributed by atoms with van der Waals surface area (Å²) < 4.78 is 5.32. The van der Waals surface area contributed by atoms with Gasteiger partial charge in [0.05, 0.1) is 17.9 Å². The van der Waals surface area contributed by atoms with Crippen LogP contribution < -0.4 is 5.43 Å². The van der Waals surface area contributed by atoms with Crippen LogP contribution in [0.25, 0.3) is 0 Å². The average Bonchev–Trinajstić information content (AvgIpc) is 2.26. The lowest BCUT2D eigenvalue weighted by Crippen LogP contribution is -2.18. The molecule has 0 aromatic carbocycles. The summed E-state index contributed by atoms with van der Waals surface area (Å²) in [5.41, 5.74) is 2.48. The first-order valence-corrected chi connectivity index (χ1v) is 3.68. The first-order valence-electron chi connectivity index (χ1n) is 3.68. The van der Waals surface area contributed by atoms with Gasteiger partial charge in [-0.05, 0) is 13.8 Å². The maximum Gasteiger partial charge on any atom is 0.425 e. The van der Waals surface area contributed by atoms with Crippen LogP contribution in [0.1, 0.15) is 20.3 Å². The highest BCUT2D eigenvalue weighted by atomic mass is 16.5. The molecule has 0 atom stereocenters. The largest absolute Gasteiger partial charge is 0.464 e. The molecule has 0 aromatic rings. The lowest BCUT2D eigenvalue weighted by atomic mass is 10.1. The molecule has 1 fully saturated rings. The number of nitrogens with one attached hydrogen (secondary N) is 1. The summed E-state index contributed by atoms with van der Waals surface area (Å²) in [7, 11) is 0. The van der Waals surface area contributed by atoms with Gasteiger partial charge in [-0.1, -0.05) is 0 Å². The van der Waals surface area contributed by atoms with Crippen LogP contribution in [0.15, 0.2) is 5.10 Å². The molecule has 1 heterocycles. The summed E-state index contributed by atoms with van der Waals surface area (Å²) in [5, 5.41) is 11.9. The van der Waals surface area contributed by atoms with Crippen LogP contribution >= 0.6 is 0 Å². The summed E-state index contributed by atoms with van der Waals surface area (Å²) in [4.78, 5) is 10.1. The first kappa shape index (κ1) is 8.99. The number of nitrogens with zero attached hydrogens (tertiary/aromatic N) is 1. The lowest BCUT2D eigenvalue weighted by Gasteiger charge is -2.13. The molecular weight excluding hydrogens is 160 g/mol. The quantitative estimate of drug-likeness (QED) is 0.575. The van der Waals surface area contributed by atoms with Crippen molar-refractivity contribution in [2.45, 2.75) is 25.9 Å². The van der Waals surface area contributed by atoms with Crippen LogP contribution in [0.3, 0.4) is 0 Å². The van der Waals surface area contributed by atoms with Gasteiger partial charge in [-0.3, -0.25) is 0 Å². The fraction of sp³-hybridized carbons (Fsp3) is 0.714. The van der Waals surface area contributed by atoms with Gasteiger partial charge in [-0.15, -0.1) is 0 Å². The zero-order valence-electron chi connectivity index (χ0n) is 7.13. The Kier molecular flexibility index (Phi) is 2.32. The number of rotatable bonds is 1. The molecule has 0 unspecified atom stereocenters. The lowest BCUT2D eigenvalue weighted by molar-refractivity contribution is 0.0385. The molecule has 0 aliphatic carbocycles. The van der Waals surface area contributed by atoms with E-state index in [2.05, 4.69) is 5.10 Å². The number of carbonyl (C=O) groups is 1. The minimum atomic E-state index is -1.15. The molecule has 0 saturated carbocycles. The topological polar surface area (TPSA) is 70.9 Å². The van der Waals surface area contributed by atoms with Crippen LogP contribution in [0, 0.1) is 0 Å². The van der Waals surface area contributed by atoms with E-state index < -0.39 is 6.09 Å². The van der Waals surface area contributed by atoms with E-state index in [9.17, 15) is 4.79 Å². The van der Waals surface area contributed by atoms with Gasteiger partial charge in [0.2, 0.25) is 0 Å². The van der Waals surface area contributed by atoms with Crippen molar-refractivity contribution in [3.8, 4) is 0 Å². The van der Waals surface area contributed by atoms with Crippen molar-refractivity contribution in [1.82, 2.24) is 5.43 Å². The monoisotopic (exact) mass is 172 g/mol. The molecule has 5 heteroatoms. The van der Waals surface area contributed by atoms with Crippen LogP contribution in [0.5, 0.6) is 0 Å². The molecule has 0 radical (unpaired) electrons. The highest BCUT2D eigenvalue weighted by Crippen LogP contribution is 2.21. The predicted octanol–water partition coefficient (Wildman–Crippen LogP) is 0.809. The molecule has 2 N–H and O–H groups in total. The zero-order chi connectivity index (χ0) is 9.19. The second kappa shape index (κ2) is 3.10. The van der Waals surface area contributed by atoms with Crippen molar-refractivity contribution < 1.29 is 14.6 Å². The number of hydrogen-bond acceptors (Lipinski definition) is 3. The number of hydrogen-bond donors (Lipinski definition) is 2. The third-order valence-electron chi connectivity index (χ3n) is 1.57. The molecule has 12 heavy (non-hydrogen) atoms. The Morgan fingerprint density at radius 2 is 2.42 bits per heavy atom. The highest BCUT2D eigenvalue weighted by Gasteiger charge is 2.28. The highest BCUT2D eigenvalue weighted by molar-refractivity contribution is 5.88. The van der Waals surface area contributed by atoms with E-state index in [0.717, 1.165) is 5.71 Å². The van der Waals surface area contributed by atoms with Gasteiger partial charge < -0.3 is 9.84 Å². The summed E-state index contributed by atoms with van der Waals surface area (Å²) in [6.07, 6.45) is -0.472. The third kappa shape index (κ3) is 2.50. The Bertz CT molecular complexity index is 223. The summed E-state index contributed by atoms with van der Waals surface area (Å²) in [5.74, 6) is 0. The molecule has 1 amide bonds. The van der Waals surface area contributed by atoms with Crippen LogP contribution in [-0.2, 0) is 4.74 Å². The van der Waals surface area contributed by atoms with E-state index in [4.69, 9.17) is 9.84 Å². The van der Waals surface area contributed by atoms with Crippen molar-refractivity contribution >= 4 is 11.8 Å². The van der Waals surface area contributed by atoms with E-state index in [1.165, 1.54) is 0 Å². The Labute approximate surface area is 70.4 Å². The molecule has 1 aliphatic rings. The van der Waals surface area contributed by atoms with Crippen LogP contribution in [0.4, 0.5) is 4.79 Å². The second-order valence-electron chi connectivity index (χ2n) is 3.32. The minimum Gasteiger partial charge on any atom is -0.464 e. The zero-order valence-corrected chi connectivity index (χ0v) is 7.13. The number of amides is 1. The van der Waals surface area contributed by atoms with Crippen LogP contribution in [0.2, 0.25) is 0 Å². The third-order valence-corrected chi connectivity index (χ3v) is 1.57. The minimum absolute atomic E-state index is 0.209. The molecule has 1 saturated heterocycles. The predicted molar refractivity (Wildman–Crippen MR) is 43.2 cm³/mol. The summed E-state index contributed by atoms with van der Waals surface area (Å²) >= 11 is 0. The molecule has 0 bridgehead atoms. The van der Waals surface area contributed by atoms with Gasteiger partial charge in [0.25, 0.3) is 0 Å². The van der Waals surface area contributed by atoms with E-state index in [1.807, 2.05) is 19.3 Å². The summed E-state index contributed by atoms with van der Waals surface area (Å²) in [6, 6.07) is 0. The average molecular weight is 172 g/mol. The smallest absolute Gasteiger partial charge is 0.425 e. The molecule has 1 aliphatic heterocycles. The summed E-state index contributed by atoms with van der Waals surface area (Å²) in [6.45, 7) is 4.29. The Morgan fingerprint density at radius 1 is 1.75 bits per heavy atom. The molecular formula is C7H12N2O3. The van der Waals surface area contributed by atoms with E-state index in [0.29, 0.717) is 13.0 Å². The fourth-order valence-electron chi connectivity index (χ4n) is 1.07. The van der Waals surface area contributed by atoms with E-state index >= 15 is 0 Å². The molecule has 0 spiro atoms. The maximum atomic E-state index is 10.1. The number of carboxylic acid groups (broad SMARTS) is 1. The Balaban J connectivity index is 2.46. The Morgan fingerprint density at radius 3 is 2.83 bits per heavy atom. The molecule has 68 valence electrons. The SMILES string of the molecule is CC1(C)CC(=NNC(=O)O)CO1. The van der Waals surface area contributed by atoms with Crippen molar-refractivity contribution in [2.24, 2.45) is 5.10 Å². The van der Waals surface area contributed by atoms with Gasteiger partial charge in [0.1, 0.15) is 0 Å². The molecule has 0 aromatic heterocycles. The molecule has 1 rings (SSSR count). The van der Waals surface area contributed by atoms with Crippen LogP contribution in [-0.4, -0.2) is 29.1 Å². The normalized spacial score (nSPS) is 24.3. The maximum absolute atomic E-state index is 10.1. The molecule has 5 nitrogen and oxygen atoms in total. The van der Waals surface area contributed by atoms with Gasteiger partial charge >= 0.3 is 6.09 Å². The van der Waals surface area contributed by atoms with Gasteiger partial charge in [-0.2, -0.15) is 5.10 Å².